The van der Waals surface area contributed by atoms with Gasteiger partial charge in [0.2, 0.25) is 0 Å². The molecule has 3 nitrogen and oxygen atoms in total. The third-order valence-corrected chi connectivity index (χ3v) is 4.50. The first kappa shape index (κ1) is 13.0. The first-order valence-electron chi connectivity index (χ1n) is 7.02. The van der Waals surface area contributed by atoms with Crippen LogP contribution in [0.1, 0.15) is 51.9 Å². The molecule has 3 heteroatoms. The summed E-state index contributed by atoms with van der Waals surface area (Å²) in [5, 5.41) is 0. The lowest BCUT2D eigenvalue weighted by Crippen LogP contribution is -2.47. The average Bonchev–Trinajstić information content (AvgIpc) is 2.33. The standard InChI is InChI=1S/C14H25NO2/c1-11(10-15)3-4-13(16)12-5-8-17-14(9-12)6-2-7-14/h11-12H,2-10,15H2,1H3. The molecule has 1 saturated heterocycles. The summed E-state index contributed by atoms with van der Waals surface area (Å²) < 4.78 is 5.86. The van der Waals surface area contributed by atoms with E-state index in [-0.39, 0.29) is 11.5 Å². The topological polar surface area (TPSA) is 52.3 Å². The predicted molar refractivity (Wildman–Crippen MR) is 67.7 cm³/mol. The molecule has 2 unspecified atom stereocenters. The Kier molecular flexibility index (Phi) is 4.21. The normalized spacial score (nSPS) is 28.7. The van der Waals surface area contributed by atoms with E-state index in [2.05, 4.69) is 6.92 Å². The summed E-state index contributed by atoms with van der Waals surface area (Å²) in [5.74, 6) is 1.17. The van der Waals surface area contributed by atoms with Crippen LogP contribution in [-0.4, -0.2) is 24.5 Å². The molecule has 1 spiro atoms. The molecule has 0 amide bonds. The van der Waals surface area contributed by atoms with Crippen LogP contribution in [0.25, 0.3) is 0 Å². The van der Waals surface area contributed by atoms with Crippen molar-refractivity contribution in [2.45, 2.75) is 57.5 Å². The summed E-state index contributed by atoms with van der Waals surface area (Å²) in [6, 6.07) is 0. The van der Waals surface area contributed by atoms with Crippen molar-refractivity contribution in [2.24, 2.45) is 17.6 Å². The lowest BCUT2D eigenvalue weighted by atomic mass is 9.71. The van der Waals surface area contributed by atoms with Gasteiger partial charge in [0.05, 0.1) is 5.60 Å². The van der Waals surface area contributed by atoms with Crippen molar-refractivity contribution in [1.29, 1.82) is 0 Å². The minimum absolute atomic E-state index is 0.0953. The molecule has 2 N–H and O–H groups in total. The number of hydrogen-bond acceptors (Lipinski definition) is 3. The zero-order valence-electron chi connectivity index (χ0n) is 10.9. The van der Waals surface area contributed by atoms with Crippen molar-refractivity contribution < 1.29 is 9.53 Å². The maximum absolute atomic E-state index is 12.1. The van der Waals surface area contributed by atoms with Crippen molar-refractivity contribution >= 4 is 5.78 Å². The van der Waals surface area contributed by atoms with Gasteiger partial charge in [-0.25, -0.2) is 0 Å². The van der Waals surface area contributed by atoms with E-state index < -0.39 is 0 Å². The fraction of sp³-hybridized carbons (Fsp3) is 0.929. The fourth-order valence-electron chi connectivity index (χ4n) is 2.93. The summed E-state index contributed by atoms with van der Waals surface area (Å²) in [6.07, 6.45) is 7.15. The summed E-state index contributed by atoms with van der Waals surface area (Å²) in [5.41, 5.74) is 5.67. The van der Waals surface area contributed by atoms with E-state index in [4.69, 9.17) is 10.5 Å². The van der Waals surface area contributed by atoms with Gasteiger partial charge in [-0.3, -0.25) is 4.79 Å². The van der Waals surface area contributed by atoms with E-state index >= 15 is 0 Å². The van der Waals surface area contributed by atoms with Gasteiger partial charge in [0, 0.05) is 18.9 Å². The Morgan fingerprint density at radius 3 is 2.88 bits per heavy atom. The Bertz CT molecular complexity index is 273. The highest BCUT2D eigenvalue weighted by molar-refractivity contribution is 5.81. The van der Waals surface area contributed by atoms with E-state index in [0.29, 0.717) is 24.7 Å². The minimum Gasteiger partial charge on any atom is -0.375 e. The molecular formula is C14H25NO2. The highest BCUT2D eigenvalue weighted by Gasteiger charge is 2.43. The van der Waals surface area contributed by atoms with E-state index in [0.717, 1.165) is 38.7 Å². The van der Waals surface area contributed by atoms with Gasteiger partial charge >= 0.3 is 0 Å². The molecule has 0 aromatic heterocycles. The molecule has 0 aromatic carbocycles. The van der Waals surface area contributed by atoms with Gasteiger partial charge in [-0.2, -0.15) is 0 Å². The lowest BCUT2D eigenvalue weighted by Gasteiger charge is -2.46. The molecule has 1 aliphatic carbocycles. The number of ketones is 1. The predicted octanol–water partition coefficient (Wildman–Crippen LogP) is 2.28. The first-order chi connectivity index (χ1) is 8.15. The van der Waals surface area contributed by atoms with Crippen LogP contribution in [0, 0.1) is 11.8 Å². The molecule has 0 bridgehead atoms. The third-order valence-electron chi connectivity index (χ3n) is 4.50. The Labute approximate surface area is 104 Å². The van der Waals surface area contributed by atoms with E-state index in [1.54, 1.807) is 0 Å². The van der Waals surface area contributed by atoms with Crippen molar-refractivity contribution in [3.8, 4) is 0 Å². The SMILES string of the molecule is CC(CN)CCC(=O)C1CCOC2(CCC2)C1. The van der Waals surface area contributed by atoms with Crippen LogP contribution in [0.5, 0.6) is 0 Å². The molecule has 2 rings (SSSR count). The second-order valence-corrected chi connectivity index (χ2v) is 5.92. The zero-order valence-corrected chi connectivity index (χ0v) is 10.9. The van der Waals surface area contributed by atoms with Crippen LogP contribution < -0.4 is 5.73 Å². The molecule has 98 valence electrons. The van der Waals surface area contributed by atoms with Crippen LogP contribution in [0.2, 0.25) is 0 Å². The van der Waals surface area contributed by atoms with Crippen LogP contribution in [0.4, 0.5) is 0 Å². The minimum atomic E-state index is 0.0953. The van der Waals surface area contributed by atoms with Crippen LogP contribution in [0.15, 0.2) is 0 Å². The lowest BCUT2D eigenvalue weighted by molar-refractivity contribution is -0.155. The molecule has 2 fully saturated rings. The Hall–Kier alpha value is -0.410. The molecule has 0 radical (unpaired) electrons. The van der Waals surface area contributed by atoms with Crippen molar-refractivity contribution in [2.75, 3.05) is 13.2 Å². The summed E-state index contributed by atoms with van der Waals surface area (Å²) in [6.45, 7) is 3.58. The monoisotopic (exact) mass is 239 g/mol. The average molecular weight is 239 g/mol. The summed E-state index contributed by atoms with van der Waals surface area (Å²) >= 11 is 0. The number of rotatable bonds is 5. The van der Waals surface area contributed by atoms with Crippen LogP contribution >= 0.6 is 0 Å². The van der Waals surface area contributed by atoms with E-state index in [1.807, 2.05) is 0 Å². The molecule has 1 heterocycles. The second kappa shape index (κ2) is 5.49. The zero-order chi connectivity index (χ0) is 12.3. The van der Waals surface area contributed by atoms with E-state index in [1.165, 1.54) is 6.42 Å². The number of carbonyl (C=O) groups excluding carboxylic acids is 1. The molecule has 0 aromatic rings. The smallest absolute Gasteiger partial charge is 0.136 e. The van der Waals surface area contributed by atoms with Crippen molar-refractivity contribution in [1.82, 2.24) is 0 Å². The Balaban J connectivity index is 1.78. The third kappa shape index (κ3) is 3.08. The number of nitrogens with two attached hydrogens (primary N) is 1. The highest BCUT2D eigenvalue weighted by Crippen LogP contribution is 2.44. The molecule has 2 aliphatic rings. The largest absolute Gasteiger partial charge is 0.375 e. The molecule has 2 atom stereocenters. The van der Waals surface area contributed by atoms with Gasteiger partial charge in [0.15, 0.2) is 0 Å². The van der Waals surface area contributed by atoms with Crippen molar-refractivity contribution in [3.63, 3.8) is 0 Å². The Morgan fingerprint density at radius 2 is 2.29 bits per heavy atom. The summed E-state index contributed by atoms with van der Waals surface area (Å²) in [4.78, 5) is 12.1. The quantitative estimate of drug-likeness (QED) is 0.800. The maximum atomic E-state index is 12.1. The molecule has 1 saturated carbocycles. The number of Topliss-reactive ketones (excluding diaryl/α,β-unsaturated/α-hetero) is 1. The highest BCUT2D eigenvalue weighted by atomic mass is 16.5. The van der Waals surface area contributed by atoms with Crippen LogP contribution in [-0.2, 0) is 9.53 Å². The van der Waals surface area contributed by atoms with Gasteiger partial charge in [-0.05, 0) is 51.0 Å². The van der Waals surface area contributed by atoms with Gasteiger partial charge in [-0.1, -0.05) is 6.92 Å². The van der Waals surface area contributed by atoms with Crippen LogP contribution in [0.3, 0.4) is 0 Å². The molecule has 17 heavy (non-hydrogen) atoms. The van der Waals surface area contributed by atoms with Gasteiger partial charge in [-0.15, -0.1) is 0 Å². The second-order valence-electron chi connectivity index (χ2n) is 5.92. The summed E-state index contributed by atoms with van der Waals surface area (Å²) in [7, 11) is 0. The number of hydrogen-bond donors (Lipinski definition) is 1. The Morgan fingerprint density at radius 1 is 1.53 bits per heavy atom. The first-order valence-corrected chi connectivity index (χ1v) is 7.02. The van der Waals surface area contributed by atoms with Gasteiger partial charge in [0.1, 0.15) is 5.78 Å². The maximum Gasteiger partial charge on any atom is 0.136 e. The van der Waals surface area contributed by atoms with Gasteiger partial charge in [0.25, 0.3) is 0 Å². The number of carbonyl (C=O) groups is 1. The number of ether oxygens (including phenoxy) is 1. The molecule has 1 aliphatic heterocycles. The van der Waals surface area contributed by atoms with Gasteiger partial charge < -0.3 is 10.5 Å². The van der Waals surface area contributed by atoms with E-state index in [9.17, 15) is 4.79 Å². The fourth-order valence-corrected chi connectivity index (χ4v) is 2.93. The van der Waals surface area contributed by atoms with Crippen molar-refractivity contribution in [3.05, 3.63) is 0 Å². The molecular weight excluding hydrogens is 214 g/mol.